The Morgan fingerprint density at radius 1 is 1.19 bits per heavy atom. The first-order valence-corrected chi connectivity index (χ1v) is 9.98. The van der Waals surface area contributed by atoms with Crippen molar-refractivity contribution in [2.24, 2.45) is 5.92 Å². The predicted octanol–water partition coefficient (Wildman–Crippen LogP) is 1.01. The number of hydrogen-bond acceptors (Lipinski definition) is 6. The first-order valence-electron chi connectivity index (χ1n) is 8.50. The molecule has 0 saturated carbocycles. The minimum atomic E-state index is -3.73. The molecule has 0 radical (unpaired) electrons. The number of imide groups is 1. The minimum absolute atomic E-state index is 0.0218. The molecule has 0 aliphatic carbocycles. The molecule has 150 valence electrons. The number of sulfonamides is 1. The minimum Gasteiger partial charge on any atom is -0.452 e. The second-order valence-corrected chi connectivity index (χ2v) is 7.92. The summed E-state index contributed by atoms with van der Waals surface area (Å²) in [4.78, 5) is 35.0. The van der Waals surface area contributed by atoms with Crippen molar-refractivity contribution in [1.82, 2.24) is 15.4 Å². The molecule has 0 bridgehead atoms. The van der Waals surface area contributed by atoms with Crippen LogP contribution in [0.25, 0.3) is 0 Å². The van der Waals surface area contributed by atoms with E-state index >= 15 is 0 Å². The largest absolute Gasteiger partial charge is 0.452 e. The third-order valence-corrected chi connectivity index (χ3v) is 4.64. The number of carbonyl (C=O) groups is 3. The van der Waals surface area contributed by atoms with Gasteiger partial charge in [-0.05, 0) is 30.5 Å². The average molecular weight is 399 g/mol. The molecule has 0 unspecified atom stereocenters. The number of nitrogens with one attached hydrogen (secondary N) is 3. The third kappa shape index (κ3) is 8.18. The van der Waals surface area contributed by atoms with E-state index in [0.29, 0.717) is 13.0 Å². The summed E-state index contributed by atoms with van der Waals surface area (Å²) >= 11 is 0. The van der Waals surface area contributed by atoms with Gasteiger partial charge in [-0.25, -0.2) is 22.7 Å². The number of carbonyl (C=O) groups excluding carboxylic acids is 3. The lowest BCUT2D eigenvalue weighted by molar-refractivity contribution is -0.123. The van der Waals surface area contributed by atoms with Gasteiger partial charge in [0.2, 0.25) is 10.0 Å². The maximum absolute atomic E-state index is 12.1. The Labute approximate surface area is 158 Å². The fraction of sp³-hybridized carbons (Fsp3) is 0.471. The topological polar surface area (TPSA) is 131 Å². The fourth-order valence-corrected chi connectivity index (χ4v) is 3.01. The second kappa shape index (κ2) is 10.6. The maximum Gasteiger partial charge on any atom is 0.338 e. The van der Waals surface area contributed by atoms with Crippen LogP contribution in [0.1, 0.15) is 37.6 Å². The molecule has 0 atom stereocenters. The van der Waals surface area contributed by atoms with Gasteiger partial charge in [0.1, 0.15) is 0 Å². The van der Waals surface area contributed by atoms with Gasteiger partial charge in [-0.1, -0.05) is 26.8 Å². The highest BCUT2D eigenvalue weighted by atomic mass is 32.2. The SMILES string of the molecule is CCCNS(=O)(=O)c1cccc(C(=O)OCC(=O)NC(=O)NCC(C)C)c1. The van der Waals surface area contributed by atoms with Crippen LogP contribution in [0.2, 0.25) is 0 Å². The summed E-state index contributed by atoms with van der Waals surface area (Å²) in [5, 5.41) is 4.52. The summed E-state index contributed by atoms with van der Waals surface area (Å²) in [7, 11) is -3.73. The molecule has 9 nitrogen and oxygen atoms in total. The smallest absolute Gasteiger partial charge is 0.338 e. The van der Waals surface area contributed by atoms with E-state index in [1.165, 1.54) is 18.2 Å². The Balaban J connectivity index is 2.61. The number of esters is 1. The van der Waals surface area contributed by atoms with Gasteiger partial charge in [-0.2, -0.15) is 0 Å². The van der Waals surface area contributed by atoms with Crippen molar-refractivity contribution in [2.75, 3.05) is 19.7 Å². The molecule has 0 aliphatic heterocycles. The van der Waals surface area contributed by atoms with Crippen LogP contribution in [0.5, 0.6) is 0 Å². The summed E-state index contributed by atoms with van der Waals surface area (Å²) < 4.78 is 31.4. The summed E-state index contributed by atoms with van der Waals surface area (Å²) in [6.45, 7) is 5.62. The lowest BCUT2D eigenvalue weighted by atomic mass is 10.2. The lowest BCUT2D eigenvalue weighted by Gasteiger charge is -2.09. The Hall–Kier alpha value is -2.46. The number of amides is 3. The van der Waals surface area contributed by atoms with Crippen LogP contribution in [-0.2, 0) is 19.6 Å². The second-order valence-electron chi connectivity index (χ2n) is 6.15. The molecule has 0 heterocycles. The number of urea groups is 1. The van der Waals surface area contributed by atoms with Gasteiger partial charge in [0.15, 0.2) is 6.61 Å². The van der Waals surface area contributed by atoms with E-state index in [2.05, 4.69) is 10.0 Å². The molecule has 3 amide bonds. The Bertz CT molecular complexity index is 777. The highest BCUT2D eigenvalue weighted by Crippen LogP contribution is 2.12. The maximum atomic E-state index is 12.1. The highest BCUT2D eigenvalue weighted by molar-refractivity contribution is 7.89. The summed E-state index contributed by atoms with van der Waals surface area (Å²) in [5.41, 5.74) is -0.0218. The Morgan fingerprint density at radius 2 is 1.89 bits per heavy atom. The van der Waals surface area contributed by atoms with Crippen LogP contribution < -0.4 is 15.4 Å². The molecule has 27 heavy (non-hydrogen) atoms. The van der Waals surface area contributed by atoms with E-state index in [1.807, 2.05) is 26.1 Å². The van der Waals surface area contributed by atoms with Gasteiger partial charge in [-0.15, -0.1) is 0 Å². The Morgan fingerprint density at radius 3 is 2.52 bits per heavy atom. The summed E-state index contributed by atoms with van der Waals surface area (Å²) in [6.07, 6.45) is 0.626. The molecule has 0 saturated heterocycles. The van der Waals surface area contributed by atoms with E-state index in [4.69, 9.17) is 4.74 Å². The molecule has 3 N–H and O–H groups in total. The van der Waals surface area contributed by atoms with Crippen LogP contribution in [0, 0.1) is 5.92 Å². The zero-order valence-corrected chi connectivity index (χ0v) is 16.4. The fourth-order valence-electron chi connectivity index (χ4n) is 1.83. The zero-order chi connectivity index (χ0) is 20.4. The Kier molecular flexibility index (Phi) is 8.89. The van der Waals surface area contributed by atoms with Crippen LogP contribution >= 0.6 is 0 Å². The monoisotopic (exact) mass is 399 g/mol. The number of ether oxygens (including phenoxy) is 1. The summed E-state index contributed by atoms with van der Waals surface area (Å²) in [5.74, 6) is -1.45. The normalized spacial score (nSPS) is 11.1. The molecule has 0 aromatic heterocycles. The van der Waals surface area contributed by atoms with E-state index in [9.17, 15) is 22.8 Å². The quantitative estimate of drug-likeness (QED) is 0.531. The molecule has 1 aromatic rings. The van der Waals surface area contributed by atoms with Gasteiger partial charge in [0, 0.05) is 13.1 Å². The number of hydrogen-bond donors (Lipinski definition) is 3. The van der Waals surface area contributed by atoms with Crippen molar-refractivity contribution in [3.8, 4) is 0 Å². The van der Waals surface area contributed by atoms with Gasteiger partial charge in [0.25, 0.3) is 5.91 Å². The predicted molar refractivity (Wildman–Crippen MR) is 98.6 cm³/mol. The first kappa shape index (κ1) is 22.6. The van der Waals surface area contributed by atoms with Gasteiger partial charge in [-0.3, -0.25) is 10.1 Å². The molecule has 0 aliphatic rings. The van der Waals surface area contributed by atoms with Crippen molar-refractivity contribution in [1.29, 1.82) is 0 Å². The van der Waals surface area contributed by atoms with Gasteiger partial charge >= 0.3 is 12.0 Å². The molecular formula is C17H25N3O6S. The van der Waals surface area contributed by atoms with Crippen LogP contribution in [0.3, 0.4) is 0 Å². The van der Waals surface area contributed by atoms with E-state index in [1.54, 1.807) is 0 Å². The van der Waals surface area contributed by atoms with Gasteiger partial charge in [0.05, 0.1) is 10.5 Å². The van der Waals surface area contributed by atoms with E-state index < -0.39 is 34.5 Å². The molecular weight excluding hydrogens is 374 g/mol. The standard InChI is InChI=1S/C17H25N3O6S/c1-4-8-19-27(24,25)14-7-5-6-13(9-14)16(22)26-11-15(21)20-17(23)18-10-12(2)3/h5-7,9,12,19H,4,8,10-11H2,1-3H3,(H2,18,20,21,23). The van der Waals surface area contributed by atoms with Crippen LogP contribution in [0.15, 0.2) is 29.2 Å². The van der Waals surface area contributed by atoms with E-state index in [-0.39, 0.29) is 22.9 Å². The number of rotatable bonds is 9. The lowest BCUT2D eigenvalue weighted by Crippen LogP contribution is -2.42. The van der Waals surface area contributed by atoms with Crippen molar-refractivity contribution < 1.29 is 27.5 Å². The van der Waals surface area contributed by atoms with Crippen LogP contribution in [-0.4, -0.2) is 46.0 Å². The van der Waals surface area contributed by atoms with Crippen molar-refractivity contribution >= 4 is 27.9 Å². The van der Waals surface area contributed by atoms with E-state index in [0.717, 1.165) is 6.07 Å². The molecule has 1 aromatic carbocycles. The molecule has 0 fully saturated rings. The molecule has 10 heteroatoms. The third-order valence-electron chi connectivity index (χ3n) is 3.18. The first-order chi connectivity index (χ1) is 12.7. The van der Waals surface area contributed by atoms with Gasteiger partial charge < -0.3 is 10.1 Å². The number of benzene rings is 1. The highest BCUT2D eigenvalue weighted by Gasteiger charge is 2.17. The van der Waals surface area contributed by atoms with Crippen molar-refractivity contribution in [3.05, 3.63) is 29.8 Å². The van der Waals surface area contributed by atoms with Crippen molar-refractivity contribution in [2.45, 2.75) is 32.1 Å². The zero-order valence-electron chi connectivity index (χ0n) is 15.6. The molecule has 1 rings (SSSR count). The van der Waals surface area contributed by atoms with Crippen LogP contribution in [0.4, 0.5) is 4.79 Å². The molecule has 0 spiro atoms. The van der Waals surface area contributed by atoms with Crippen molar-refractivity contribution in [3.63, 3.8) is 0 Å². The summed E-state index contributed by atoms with van der Waals surface area (Å²) in [6, 6.07) is 4.60. The average Bonchev–Trinajstić information content (AvgIpc) is 2.63.